The summed E-state index contributed by atoms with van der Waals surface area (Å²) in [6.07, 6.45) is 4.11. The van der Waals surface area contributed by atoms with Crippen molar-refractivity contribution in [2.75, 3.05) is 0 Å². The van der Waals surface area contributed by atoms with Crippen LogP contribution in [0, 0.1) is 11.7 Å². The lowest BCUT2D eigenvalue weighted by atomic mass is 10.0. The van der Waals surface area contributed by atoms with Gasteiger partial charge in [0.05, 0.1) is 6.10 Å². The van der Waals surface area contributed by atoms with Gasteiger partial charge in [0, 0.05) is 0 Å². The Balaban J connectivity index is 1.88. The van der Waals surface area contributed by atoms with Crippen LogP contribution in [0.5, 0.6) is 0 Å². The second-order valence-corrected chi connectivity index (χ2v) is 4.09. The van der Waals surface area contributed by atoms with E-state index in [4.69, 9.17) is 0 Å². The highest BCUT2D eigenvalue weighted by atomic mass is 19.1. The summed E-state index contributed by atoms with van der Waals surface area (Å²) in [6, 6.07) is 6.12. The minimum atomic E-state index is -0.420. The van der Waals surface area contributed by atoms with Crippen LogP contribution in [0.2, 0.25) is 0 Å². The van der Waals surface area contributed by atoms with E-state index in [1.807, 2.05) is 0 Å². The number of benzene rings is 1. The average Bonchev–Trinajstić information content (AvgIpc) is 2.99. The van der Waals surface area contributed by atoms with E-state index in [1.54, 1.807) is 12.1 Å². The second-order valence-electron chi connectivity index (χ2n) is 4.09. The van der Waals surface area contributed by atoms with Crippen LogP contribution in [0.3, 0.4) is 0 Å². The van der Waals surface area contributed by atoms with Crippen molar-refractivity contribution in [2.24, 2.45) is 5.92 Å². The van der Waals surface area contributed by atoms with Crippen molar-refractivity contribution in [1.29, 1.82) is 0 Å². The standard InChI is InChI=1S/C12H15FO/c13-11-6-4-10(5-7-11)12(14)8-3-9-1-2-9/h4-7,9,12,14H,1-3,8H2. The fourth-order valence-electron chi connectivity index (χ4n) is 1.65. The summed E-state index contributed by atoms with van der Waals surface area (Å²) in [4.78, 5) is 0. The van der Waals surface area contributed by atoms with Crippen molar-refractivity contribution >= 4 is 0 Å². The van der Waals surface area contributed by atoms with Crippen LogP contribution in [0.15, 0.2) is 24.3 Å². The Morgan fingerprint density at radius 1 is 1.29 bits per heavy atom. The highest BCUT2D eigenvalue weighted by Gasteiger charge is 2.22. The first-order valence-electron chi connectivity index (χ1n) is 5.19. The Bertz CT molecular complexity index is 290. The topological polar surface area (TPSA) is 20.2 Å². The Kier molecular flexibility index (Phi) is 2.82. The first kappa shape index (κ1) is 9.66. The van der Waals surface area contributed by atoms with Crippen LogP contribution < -0.4 is 0 Å². The zero-order valence-corrected chi connectivity index (χ0v) is 8.12. The maximum Gasteiger partial charge on any atom is 0.123 e. The zero-order chi connectivity index (χ0) is 9.97. The van der Waals surface area contributed by atoms with Gasteiger partial charge in [-0.15, -0.1) is 0 Å². The third-order valence-corrected chi connectivity index (χ3v) is 2.80. The number of hydrogen-bond acceptors (Lipinski definition) is 1. The van der Waals surface area contributed by atoms with Crippen LogP contribution >= 0.6 is 0 Å². The lowest BCUT2D eigenvalue weighted by Crippen LogP contribution is -1.97. The number of halogens is 1. The zero-order valence-electron chi connectivity index (χ0n) is 8.12. The third-order valence-electron chi connectivity index (χ3n) is 2.80. The van der Waals surface area contributed by atoms with Crippen molar-refractivity contribution in [3.8, 4) is 0 Å². The minimum Gasteiger partial charge on any atom is -0.388 e. The van der Waals surface area contributed by atoms with Gasteiger partial charge in [-0.05, 0) is 36.5 Å². The molecule has 2 rings (SSSR count). The molecule has 0 saturated heterocycles. The molecule has 1 aromatic rings. The molecule has 0 heterocycles. The van der Waals surface area contributed by atoms with Crippen molar-refractivity contribution < 1.29 is 9.50 Å². The molecule has 1 fully saturated rings. The Hall–Kier alpha value is -0.890. The molecule has 1 saturated carbocycles. The van der Waals surface area contributed by atoms with E-state index < -0.39 is 6.10 Å². The molecule has 1 aliphatic rings. The summed E-state index contributed by atoms with van der Waals surface area (Å²) in [7, 11) is 0. The number of aliphatic hydroxyl groups excluding tert-OH is 1. The highest BCUT2D eigenvalue weighted by molar-refractivity contribution is 5.18. The lowest BCUT2D eigenvalue weighted by Gasteiger charge is -2.09. The van der Waals surface area contributed by atoms with Crippen molar-refractivity contribution in [3.63, 3.8) is 0 Å². The largest absolute Gasteiger partial charge is 0.388 e. The monoisotopic (exact) mass is 194 g/mol. The van der Waals surface area contributed by atoms with Gasteiger partial charge in [-0.2, -0.15) is 0 Å². The van der Waals surface area contributed by atoms with Crippen LogP contribution in [-0.2, 0) is 0 Å². The van der Waals surface area contributed by atoms with E-state index in [0.717, 1.165) is 24.3 Å². The third kappa shape index (κ3) is 2.55. The van der Waals surface area contributed by atoms with Gasteiger partial charge in [0.2, 0.25) is 0 Å². The summed E-state index contributed by atoms with van der Waals surface area (Å²) in [5.41, 5.74) is 0.826. The summed E-state index contributed by atoms with van der Waals surface area (Å²) in [5, 5.41) is 9.77. The molecule has 76 valence electrons. The molecule has 1 aliphatic carbocycles. The molecule has 0 amide bonds. The van der Waals surface area contributed by atoms with Crippen LogP contribution in [0.25, 0.3) is 0 Å². The molecule has 14 heavy (non-hydrogen) atoms. The maximum atomic E-state index is 12.6. The Morgan fingerprint density at radius 2 is 1.93 bits per heavy atom. The van der Waals surface area contributed by atoms with Crippen molar-refractivity contribution in [3.05, 3.63) is 35.6 Å². The molecule has 1 atom stereocenters. The van der Waals surface area contributed by atoms with Gasteiger partial charge in [0.15, 0.2) is 0 Å². The first-order chi connectivity index (χ1) is 6.75. The van der Waals surface area contributed by atoms with E-state index in [1.165, 1.54) is 25.0 Å². The molecular formula is C12H15FO. The summed E-state index contributed by atoms with van der Waals surface area (Å²) in [5.74, 6) is 0.591. The molecule has 1 unspecified atom stereocenters. The molecular weight excluding hydrogens is 179 g/mol. The predicted molar refractivity (Wildman–Crippen MR) is 53.3 cm³/mol. The van der Waals surface area contributed by atoms with E-state index in [0.29, 0.717) is 0 Å². The van der Waals surface area contributed by atoms with Gasteiger partial charge < -0.3 is 5.11 Å². The fourth-order valence-corrected chi connectivity index (χ4v) is 1.65. The quantitative estimate of drug-likeness (QED) is 0.781. The molecule has 1 nitrogen and oxygen atoms in total. The first-order valence-corrected chi connectivity index (χ1v) is 5.19. The van der Waals surface area contributed by atoms with Gasteiger partial charge in [0.1, 0.15) is 5.82 Å². The van der Waals surface area contributed by atoms with E-state index in [9.17, 15) is 9.50 Å². The van der Waals surface area contributed by atoms with Crippen LogP contribution in [0.1, 0.15) is 37.4 Å². The number of aliphatic hydroxyl groups is 1. The molecule has 0 spiro atoms. The molecule has 1 aromatic carbocycles. The number of hydrogen-bond donors (Lipinski definition) is 1. The Morgan fingerprint density at radius 3 is 2.50 bits per heavy atom. The lowest BCUT2D eigenvalue weighted by molar-refractivity contribution is 0.162. The SMILES string of the molecule is OC(CCC1CC1)c1ccc(F)cc1. The number of rotatable bonds is 4. The van der Waals surface area contributed by atoms with Gasteiger partial charge in [-0.3, -0.25) is 0 Å². The summed E-state index contributed by atoms with van der Waals surface area (Å²) in [6.45, 7) is 0. The van der Waals surface area contributed by atoms with Crippen LogP contribution in [-0.4, -0.2) is 5.11 Å². The van der Waals surface area contributed by atoms with Gasteiger partial charge in [-0.1, -0.05) is 25.0 Å². The van der Waals surface area contributed by atoms with Crippen molar-refractivity contribution in [2.45, 2.75) is 31.8 Å². The molecule has 2 heteroatoms. The van der Waals surface area contributed by atoms with Gasteiger partial charge in [-0.25, -0.2) is 4.39 Å². The molecule has 0 aromatic heterocycles. The fraction of sp³-hybridized carbons (Fsp3) is 0.500. The molecule has 0 radical (unpaired) electrons. The maximum absolute atomic E-state index is 12.6. The molecule has 0 aliphatic heterocycles. The van der Waals surface area contributed by atoms with E-state index >= 15 is 0 Å². The van der Waals surface area contributed by atoms with Crippen LogP contribution in [0.4, 0.5) is 4.39 Å². The molecule has 1 N–H and O–H groups in total. The summed E-state index contributed by atoms with van der Waals surface area (Å²) >= 11 is 0. The predicted octanol–water partition coefficient (Wildman–Crippen LogP) is 3.05. The average molecular weight is 194 g/mol. The van der Waals surface area contributed by atoms with Gasteiger partial charge in [0.25, 0.3) is 0 Å². The summed E-state index contributed by atoms with van der Waals surface area (Å²) < 4.78 is 12.6. The Labute approximate surface area is 83.6 Å². The molecule has 0 bridgehead atoms. The van der Waals surface area contributed by atoms with E-state index in [2.05, 4.69) is 0 Å². The van der Waals surface area contributed by atoms with Gasteiger partial charge >= 0.3 is 0 Å². The normalized spacial score (nSPS) is 18.1. The second kappa shape index (κ2) is 4.09. The van der Waals surface area contributed by atoms with Crippen molar-refractivity contribution in [1.82, 2.24) is 0 Å². The minimum absolute atomic E-state index is 0.247. The van der Waals surface area contributed by atoms with E-state index in [-0.39, 0.29) is 5.82 Å². The smallest absolute Gasteiger partial charge is 0.123 e. The highest BCUT2D eigenvalue weighted by Crippen LogP contribution is 2.35.